The highest BCUT2D eigenvalue weighted by Crippen LogP contribution is 2.15. The number of aromatic nitrogens is 1. The van der Waals surface area contributed by atoms with Crippen LogP contribution in [0.3, 0.4) is 0 Å². The van der Waals surface area contributed by atoms with Gasteiger partial charge in [-0.05, 0) is 30.7 Å². The van der Waals surface area contributed by atoms with Gasteiger partial charge < -0.3 is 10.2 Å². The molecule has 0 unspecified atom stereocenters. The van der Waals surface area contributed by atoms with Crippen molar-refractivity contribution in [3.8, 4) is 0 Å². The summed E-state index contributed by atoms with van der Waals surface area (Å²) in [6, 6.07) is 13.1. The van der Waals surface area contributed by atoms with Gasteiger partial charge in [-0.2, -0.15) is 0 Å². The first-order chi connectivity index (χ1) is 9.08. The summed E-state index contributed by atoms with van der Waals surface area (Å²) >= 11 is 0. The van der Waals surface area contributed by atoms with Crippen molar-refractivity contribution in [3.05, 3.63) is 53.7 Å². The van der Waals surface area contributed by atoms with E-state index in [9.17, 15) is 4.79 Å². The van der Waals surface area contributed by atoms with E-state index in [0.29, 0.717) is 5.69 Å². The molecule has 1 aromatic heterocycles. The van der Waals surface area contributed by atoms with Crippen molar-refractivity contribution in [1.82, 2.24) is 4.98 Å². The molecule has 98 valence electrons. The Balaban J connectivity index is 2.21. The van der Waals surface area contributed by atoms with E-state index in [-0.39, 0.29) is 5.91 Å². The summed E-state index contributed by atoms with van der Waals surface area (Å²) in [5.41, 5.74) is 2.25. The molecule has 2 rings (SSSR count). The first-order valence-corrected chi connectivity index (χ1v) is 6.09. The Bertz CT molecular complexity index is 593. The van der Waals surface area contributed by atoms with Crippen LogP contribution in [0, 0.1) is 6.92 Å². The van der Waals surface area contributed by atoms with Gasteiger partial charge in [-0.25, -0.2) is 4.98 Å². The third-order valence-corrected chi connectivity index (χ3v) is 2.82. The highest BCUT2D eigenvalue weighted by molar-refractivity contribution is 6.03. The number of amides is 1. The van der Waals surface area contributed by atoms with Crippen LogP contribution < -0.4 is 10.2 Å². The molecular formula is C15H17N3O. The average molecular weight is 255 g/mol. The van der Waals surface area contributed by atoms with Crippen LogP contribution in [0.5, 0.6) is 0 Å². The SMILES string of the molecule is Cc1ccccc1NC(=O)c1cccc(N(C)C)n1. The number of carbonyl (C=O) groups is 1. The monoisotopic (exact) mass is 255 g/mol. The topological polar surface area (TPSA) is 45.2 Å². The van der Waals surface area contributed by atoms with Crippen molar-refractivity contribution in [3.63, 3.8) is 0 Å². The molecule has 1 amide bonds. The van der Waals surface area contributed by atoms with Gasteiger partial charge >= 0.3 is 0 Å². The molecule has 0 spiro atoms. The van der Waals surface area contributed by atoms with E-state index < -0.39 is 0 Å². The summed E-state index contributed by atoms with van der Waals surface area (Å²) in [7, 11) is 3.79. The lowest BCUT2D eigenvalue weighted by molar-refractivity contribution is 0.102. The van der Waals surface area contributed by atoms with Gasteiger partial charge in [0.15, 0.2) is 0 Å². The van der Waals surface area contributed by atoms with Crippen LogP contribution in [0.2, 0.25) is 0 Å². The third-order valence-electron chi connectivity index (χ3n) is 2.82. The Morgan fingerprint density at radius 2 is 1.84 bits per heavy atom. The minimum Gasteiger partial charge on any atom is -0.363 e. The number of hydrogen-bond acceptors (Lipinski definition) is 3. The first-order valence-electron chi connectivity index (χ1n) is 6.09. The van der Waals surface area contributed by atoms with E-state index in [4.69, 9.17) is 0 Å². The second-order valence-corrected chi connectivity index (χ2v) is 4.54. The Morgan fingerprint density at radius 1 is 1.11 bits per heavy atom. The number of rotatable bonds is 3. The second kappa shape index (κ2) is 5.52. The maximum absolute atomic E-state index is 12.1. The maximum Gasteiger partial charge on any atom is 0.274 e. The van der Waals surface area contributed by atoms with E-state index in [1.807, 2.05) is 62.3 Å². The molecule has 4 nitrogen and oxygen atoms in total. The molecule has 0 atom stereocenters. The summed E-state index contributed by atoms with van der Waals surface area (Å²) in [5.74, 6) is 0.565. The molecule has 0 radical (unpaired) electrons. The zero-order valence-corrected chi connectivity index (χ0v) is 11.3. The minimum absolute atomic E-state index is 0.196. The van der Waals surface area contributed by atoms with Crippen LogP contribution in [0.4, 0.5) is 11.5 Å². The molecular weight excluding hydrogens is 238 g/mol. The number of para-hydroxylation sites is 1. The average Bonchev–Trinajstić information content (AvgIpc) is 2.41. The number of hydrogen-bond donors (Lipinski definition) is 1. The predicted molar refractivity (Wildman–Crippen MR) is 77.7 cm³/mol. The lowest BCUT2D eigenvalue weighted by Crippen LogP contribution is -2.17. The van der Waals surface area contributed by atoms with Crippen molar-refractivity contribution in [1.29, 1.82) is 0 Å². The molecule has 0 aliphatic heterocycles. The van der Waals surface area contributed by atoms with Gasteiger partial charge in [0, 0.05) is 19.8 Å². The summed E-state index contributed by atoms with van der Waals surface area (Å²) in [6.07, 6.45) is 0. The maximum atomic E-state index is 12.1. The third kappa shape index (κ3) is 3.10. The van der Waals surface area contributed by atoms with Crippen molar-refractivity contribution in [2.45, 2.75) is 6.92 Å². The lowest BCUT2D eigenvalue weighted by Gasteiger charge is -2.12. The number of carbonyl (C=O) groups excluding carboxylic acids is 1. The molecule has 0 saturated heterocycles. The van der Waals surface area contributed by atoms with Crippen molar-refractivity contribution in [2.24, 2.45) is 0 Å². The van der Waals surface area contributed by atoms with Crippen LogP contribution in [-0.4, -0.2) is 25.0 Å². The van der Waals surface area contributed by atoms with Crippen molar-refractivity contribution >= 4 is 17.4 Å². The summed E-state index contributed by atoms with van der Waals surface area (Å²) < 4.78 is 0. The zero-order valence-electron chi connectivity index (χ0n) is 11.3. The molecule has 4 heteroatoms. The number of benzene rings is 1. The standard InChI is InChI=1S/C15H17N3O/c1-11-7-4-5-8-12(11)17-15(19)13-9-6-10-14(16-13)18(2)3/h4-10H,1-3H3,(H,17,19). The van der Waals surface area contributed by atoms with E-state index in [2.05, 4.69) is 10.3 Å². The van der Waals surface area contributed by atoms with E-state index in [1.54, 1.807) is 6.07 Å². The fourth-order valence-corrected chi connectivity index (χ4v) is 1.70. The van der Waals surface area contributed by atoms with E-state index in [0.717, 1.165) is 17.1 Å². The molecule has 0 fully saturated rings. The smallest absolute Gasteiger partial charge is 0.274 e. The van der Waals surface area contributed by atoms with Gasteiger partial charge in [-0.3, -0.25) is 4.79 Å². The lowest BCUT2D eigenvalue weighted by atomic mass is 10.2. The number of nitrogens with zero attached hydrogens (tertiary/aromatic N) is 2. The molecule has 1 aromatic carbocycles. The Kier molecular flexibility index (Phi) is 3.80. The summed E-state index contributed by atoms with van der Waals surface area (Å²) in [4.78, 5) is 18.3. The molecule has 1 heterocycles. The van der Waals surface area contributed by atoms with Gasteiger partial charge in [0.05, 0.1) is 0 Å². The van der Waals surface area contributed by atoms with Crippen LogP contribution in [0.15, 0.2) is 42.5 Å². The van der Waals surface area contributed by atoms with Gasteiger partial charge in [0.25, 0.3) is 5.91 Å². The van der Waals surface area contributed by atoms with E-state index >= 15 is 0 Å². The predicted octanol–water partition coefficient (Wildman–Crippen LogP) is 2.71. The van der Waals surface area contributed by atoms with Crippen LogP contribution in [0.25, 0.3) is 0 Å². The number of nitrogens with one attached hydrogen (secondary N) is 1. The Morgan fingerprint density at radius 3 is 2.53 bits per heavy atom. The summed E-state index contributed by atoms with van der Waals surface area (Å²) in [5, 5.41) is 2.87. The fraction of sp³-hybridized carbons (Fsp3) is 0.200. The van der Waals surface area contributed by atoms with Crippen molar-refractivity contribution in [2.75, 3.05) is 24.3 Å². The highest BCUT2D eigenvalue weighted by atomic mass is 16.1. The number of pyridine rings is 1. The van der Waals surface area contributed by atoms with Crippen LogP contribution in [0.1, 0.15) is 16.1 Å². The molecule has 1 N–H and O–H groups in total. The van der Waals surface area contributed by atoms with Crippen LogP contribution in [-0.2, 0) is 0 Å². The zero-order chi connectivity index (χ0) is 13.8. The van der Waals surface area contributed by atoms with E-state index in [1.165, 1.54) is 0 Å². The minimum atomic E-state index is -0.196. The Hall–Kier alpha value is -2.36. The number of anilines is 2. The Labute approximate surface area is 113 Å². The molecule has 0 saturated carbocycles. The van der Waals surface area contributed by atoms with Gasteiger partial charge in [-0.15, -0.1) is 0 Å². The summed E-state index contributed by atoms with van der Waals surface area (Å²) in [6.45, 7) is 1.96. The molecule has 0 bridgehead atoms. The normalized spacial score (nSPS) is 10.1. The fourth-order valence-electron chi connectivity index (χ4n) is 1.70. The highest BCUT2D eigenvalue weighted by Gasteiger charge is 2.10. The first kappa shape index (κ1) is 13.1. The molecule has 19 heavy (non-hydrogen) atoms. The van der Waals surface area contributed by atoms with Gasteiger partial charge in [0.2, 0.25) is 0 Å². The second-order valence-electron chi connectivity index (χ2n) is 4.54. The quantitative estimate of drug-likeness (QED) is 0.917. The van der Waals surface area contributed by atoms with Crippen molar-refractivity contribution < 1.29 is 4.79 Å². The molecule has 2 aromatic rings. The number of aryl methyl sites for hydroxylation is 1. The largest absolute Gasteiger partial charge is 0.363 e. The molecule has 0 aliphatic rings. The van der Waals surface area contributed by atoms with Gasteiger partial charge in [-0.1, -0.05) is 24.3 Å². The molecule has 0 aliphatic carbocycles. The van der Waals surface area contributed by atoms with Crippen LogP contribution >= 0.6 is 0 Å². The van der Waals surface area contributed by atoms with Gasteiger partial charge in [0.1, 0.15) is 11.5 Å².